The van der Waals surface area contributed by atoms with Gasteiger partial charge in [0.05, 0.1) is 6.26 Å². The van der Waals surface area contributed by atoms with Crippen LogP contribution in [0.3, 0.4) is 0 Å². The molecule has 0 fully saturated rings. The molecule has 0 aromatic carbocycles. The molecule has 4 heteroatoms. The van der Waals surface area contributed by atoms with Gasteiger partial charge in [-0.2, -0.15) is 0 Å². The molecule has 1 amide bonds. The zero-order valence-corrected chi connectivity index (χ0v) is 12.5. The van der Waals surface area contributed by atoms with E-state index >= 15 is 0 Å². The summed E-state index contributed by atoms with van der Waals surface area (Å²) in [6, 6.07) is 3.82. The van der Waals surface area contributed by atoms with Crippen molar-refractivity contribution in [1.29, 1.82) is 0 Å². The monoisotopic (exact) mass is 266 g/mol. The van der Waals surface area contributed by atoms with Crippen molar-refractivity contribution < 1.29 is 9.21 Å². The van der Waals surface area contributed by atoms with Crippen molar-refractivity contribution in [3.63, 3.8) is 0 Å². The second-order valence-corrected chi connectivity index (χ2v) is 5.58. The number of nitrogens with one attached hydrogen (secondary N) is 1. The predicted octanol–water partition coefficient (Wildman–Crippen LogP) is 2.48. The number of furan rings is 1. The van der Waals surface area contributed by atoms with E-state index in [0.29, 0.717) is 12.3 Å². The van der Waals surface area contributed by atoms with E-state index in [2.05, 4.69) is 24.1 Å². The minimum atomic E-state index is 0.105. The van der Waals surface area contributed by atoms with E-state index in [-0.39, 0.29) is 11.8 Å². The zero-order valence-electron chi connectivity index (χ0n) is 12.5. The molecule has 0 aliphatic heterocycles. The van der Waals surface area contributed by atoms with Crippen LogP contribution in [0.4, 0.5) is 0 Å². The van der Waals surface area contributed by atoms with Crippen molar-refractivity contribution >= 4 is 5.91 Å². The third kappa shape index (κ3) is 5.92. The van der Waals surface area contributed by atoms with E-state index in [4.69, 9.17) is 4.42 Å². The zero-order chi connectivity index (χ0) is 14.3. The van der Waals surface area contributed by atoms with Gasteiger partial charge in [0.15, 0.2) is 0 Å². The maximum absolute atomic E-state index is 11.9. The molecule has 1 rings (SSSR count). The summed E-state index contributed by atoms with van der Waals surface area (Å²) < 4.78 is 5.43. The van der Waals surface area contributed by atoms with Gasteiger partial charge in [0.25, 0.3) is 0 Å². The number of carbonyl (C=O) groups is 1. The second kappa shape index (κ2) is 8.00. The molecule has 108 valence electrons. The molecule has 4 nitrogen and oxygen atoms in total. The van der Waals surface area contributed by atoms with Crippen LogP contribution >= 0.6 is 0 Å². The molecule has 19 heavy (non-hydrogen) atoms. The van der Waals surface area contributed by atoms with E-state index in [1.54, 1.807) is 6.26 Å². The van der Waals surface area contributed by atoms with Crippen LogP contribution in [-0.4, -0.2) is 38.0 Å². The predicted molar refractivity (Wildman–Crippen MR) is 77.1 cm³/mol. The van der Waals surface area contributed by atoms with Crippen LogP contribution in [0.15, 0.2) is 22.8 Å². The van der Waals surface area contributed by atoms with E-state index in [9.17, 15) is 4.79 Å². The maximum atomic E-state index is 11.9. The third-order valence-electron chi connectivity index (χ3n) is 3.22. The molecule has 0 radical (unpaired) electrons. The standard InChI is InChI=1S/C15H26N2O2/c1-12(2)13(14-7-5-10-19-14)11-15(18)16-8-6-9-17(3)4/h5,7,10,12-13H,6,8-9,11H2,1-4H3,(H,16,18)/t13-/m1/s1. The van der Waals surface area contributed by atoms with E-state index in [1.807, 2.05) is 26.2 Å². The number of rotatable bonds is 8. The Bertz CT molecular complexity index is 358. The van der Waals surface area contributed by atoms with Crippen molar-refractivity contribution in [2.24, 2.45) is 5.92 Å². The second-order valence-electron chi connectivity index (χ2n) is 5.58. The van der Waals surface area contributed by atoms with Crippen LogP contribution in [0, 0.1) is 5.92 Å². The molecule has 0 saturated carbocycles. The smallest absolute Gasteiger partial charge is 0.220 e. The normalized spacial score (nSPS) is 12.9. The molecule has 1 atom stereocenters. The Kier molecular flexibility index (Phi) is 6.64. The number of hydrogen-bond donors (Lipinski definition) is 1. The van der Waals surface area contributed by atoms with Gasteiger partial charge in [-0.05, 0) is 45.1 Å². The Labute approximate surface area is 116 Å². The molecule has 0 saturated heterocycles. The Morgan fingerprint density at radius 3 is 2.68 bits per heavy atom. The molecule has 0 aliphatic carbocycles. The minimum Gasteiger partial charge on any atom is -0.469 e. The average molecular weight is 266 g/mol. The molecule has 0 aliphatic rings. The summed E-state index contributed by atoms with van der Waals surface area (Å²) in [5, 5.41) is 2.98. The minimum absolute atomic E-state index is 0.105. The van der Waals surface area contributed by atoms with Crippen molar-refractivity contribution in [3.05, 3.63) is 24.2 Å². The summed E-state index contributed by atoms with van der Waals surface area (Å²) in [7, 11) is 4.07. The fourth-order valence-corrected chi connectivity index (χ4v) is 2.06. The number of carbonyl (C=O) groups excluding carboxylic acids is 1. The van der Waals surface area contributed by atoms with Crippen LogP contribution in [-0.2, 0) is 4.79 Å². The molecule has 0 spiro atoms. The van der Waals surface area contributed by atoms with Gasteiger partial charge < -0.3 is 14.6 Å². The molecular weight excluding hydrogens is 240 g/mol. The van der Waals surface area contributed by atoms with Gasteiger partial charge in [-0.3, -0.25) is 4.79 Å². The van der Waals surface area contributed by atoms with Gasteiger partial charge >= 0.3 is 0 Å². The maximum Gasteiger partial charge on any atom is 0.220 e. The summed E-state index contributed by atoms with van der Waals surface area (Å²) in [6.07, 6.45) is 3.14. The quantitative estimate of drug-likeness (QED) is 0.735. The first-order valence-electron chi connectivity index (χ1n) is 6.95. The Balaban J connectivity index is 2.36. The SMILES string of the molecule is CC(C)[C@@H](CC(=O)NCCCN(C)C)c1ccco1. The molecule has 0 bridgehead atoms. The van der Waals surface area contributed by atoms with Gasteiger partial charge in [-0.1, -0.05) is 13.8 Å². The first kappa shape index (κ1) is 15.8. The molecule has 1 aromatic rings. The van der Waals surface area contributed by atoms with Gasteiger partial charge in [0.1, 0.15) is 5.76 Å². The highest BCUT2D eigenvalue weighted by molar-refractivity contribution is 5.76. The van der Waals surface area contributed by atoms with Crippen molar-refractivity contribution in [3.8, 4) is 0 Å². The van der Waals surface area contributed by atoms with Crippen molar-refractivity contribution in [2.45, 2.75) is 32.6 Å². The highest BCUT2D eigenvalue weighted by atomic mass is 16.3. The Morgan fingerprint density at radius 1 is 1.42 bits per heavy atom. The van der Waals surface area contributed by atoms with E-state index in [0.717, 1.165) is 25.3 Å². The van der Waals surface area contributed by atoms with Crippen molar-refractivity contribution in [2.75, 3.05) is 27.2 Å². The number of nitrogens with zero attached hydrogens (tertiary/aromatic N) is 1. The summed E-state index contributed by atoms with van der Waals surface area (Å²) in [6.45, 7) is 5.96. The number of amides is 1. The molecule has 1 heterocycles. The fourth-order valence-electron chi connectivity index (χ4n) is 2.06. The summed E-state index contributed by atoms with van der Waals surface area (Å²) in [5.41, 5.74) is 0. The Hall–Kier alpha value is -1.29. The first-order chi connectivity index (χ1) is 9.00. The highest BCUT2D eigenvalue weighted by Crippen LogP contribution is 2.27. The van der Waals surface area contributed by atoms with Crippen LogP contribution < -0.4 is 5.32 Å². The molecule has 0 unspecified atom stereocenters. The topological polar surface area (TPSA) is 45.5 Å². The lowest BCUT2D eigenvalue weighted by Crippen LogP contribution is -2.29. The van der Waals surface area contributed by atoms with E-state index in [1.165, 1.54) is 0 Å². The largest absolute Gasteiger partial charge is 0.469 e. The van der Waals surface area contributed by atoms with Gasteiger partial charge in [-0.25, -0.2) is 0 Å². The van der Waals surface area contributed by atoms with Gasteiger partial charge in [-0.15, -0.1) is 0 Å². The van der Waals surface area contributed by atoms with Crippen LogP contribution in [0.2, 0.25) is 0 Å². The lowest BCUT2D eigenvalue weighted by atomic mass is 9.90. The van der Waals surface area contributed by atoms with Crippen molar-refractivity contribution in [1.82, 2.24) is 10.2 Å². The van der Waals surface area contributed by atoms with Crippen LogP contribution in [0.5, 0.6) is 0 Å². The lowest BCUT2D eigenvalue weighted by Gasteiger charge is -2.18. The summed E-state index contributed by atoms with van der Waals surface area (Å²) in [4.78, 5) is 14.0. The molecular formula is C15H26N2O2. The fraction of sp³-hybridized carbons (Fsp3) is 0.667. The Morgan fingerprint density at radius 2 is 2.16 bits per heavy atom. The number of hydrogen-bond acceptors (Lipinski definition) is 3. The summed E-state index contributed by atoms with van der Waals surface area (Å²) in [5.74, 6) is 1.55. The average Bonchev–Trinajstić information content (AvgIpc) is 2.84. The van der Waals surface area contributed by atoms with Crippen LogP contribution in [0.25, 0.3) is 0 Å². The van der Waals surface area contributed by atoms with Crippen LogP contribution in [0.1, 0.15) is 38.4 Å². The lowest BCUT2D eigenvalue weighted by molar-refractivity contribution is -0.121. The van der Waals surface area contributed by atoms with Gasteiger partial charge in [0.2, 0.25) is 5.91 Å². The molecule has 1 aromatic heterocycles. The first-order valence-corrected chi connectivity index (χ1v) is 6.95. The van der Waals surface area contributed by atoms with Gasteiger partial charge in [0, 0.05) is 18.9 Å². The highest BCUT2D eigenvalue weighted by Gasteiger charge is 2.21. The van der Waals surface area contributed by atoms with E-state index < -0.39 is 0 Å². The third-order valence-corrected chi connectivity index (χ3v) is 3.22. The summed E-state index contributed by atoms with van der Waals surface area (Å²) >= 11 is 0. The molecule has 1 N–H and O–H groups in total.